The number of nitrogens with one attached hydrogen (secondary N) is 3. The van der Waals surface area contributed by atoms with E-state index in [1.807, 2.05) is 29.8 Å². The number of carbonyl (C=O) groups excluding carboxylic acids is 1. The van der Waals surface area contributed by atoms with Crippen molar-refractivity contribution in [2.45, 2.75) is 56.7 Å². The Balaban J connectivity index is 1.22. The molecule has 2 amide bonds. The number of nitrogens with zero attached hydrogens (tertiary/aromatic N) is 3. The summed E-state index contributed by atoms with van der Waals surface area (Å²) in [6, 6.07) is 5.24. The van der Waals surface area contributed by atoms with E-state index in [2.05, 4.69) is 31.1 Å². The molecular formula is C27H28N6O4S. The quantitative estimate of drug-likeness (QED) is 0.353. The molecule has 1 unspecified atom stereocenters. The van der Waals surface area contributed by atoms with Crippen LogP contribution in [0.3, 0.4) is 0 Å². The van der Waals surface area contributed by atoms with Crippen LogP contribution in [0.5, 0.6) is 0 Å². The van der Waals surface area contributed by atoms with Gasteiger partial charge in [0.1, 0.15) is 17.6 Å². The molecule has 7 rings (SSSR count). The fourth-order valence-electron chi connectivity index (χ4n) is 5.91. The number of hydrogen-bond acceptors (Lipinski definition) is 6. The smallest absolute Gasteiger partial charge is 0.333 e. The van der Waals surface area contributed by atoms with Crippen molar-refractivity contribution in [1.29, 1.82) is 0 Å². The van der Waals surface area contributed by atoms with E-state index in [9.17, 15) is 13.2 Å². The number of aryl methyl sites for hydroxylation is 2. The number of pyridine rings is 1. The number of rotatable bonds is 5. The molecule has 3 aliphatic rings. The van der Waals surface area contributed by atoms with Crippen LogP contribution in [-0.4, -0.2) is 40.6 Å². The highest BCUT2D eigenvalue weighted by Crippen LogP contribution is 2.44. The Morgan fingerprint density at radius 2 is 2.11 bits per heavy atom. The van der Waals surface area contributed by atoms with Gasteiger partial charge >= 0.3 is 6.03 Å². The van der Waals surface area contributed by atoms with Gasteiger partial charge in [-0.1, -0.05) is 6.07 Å². The molecule has 0 radical (unpaired) electrons. The number of benzene rings is 1. The molecule has 38 heavy (non-hydrogen) atoms. The Labute approximate surface area is 219 Å². The van der Waals surface area contributed by atoms with E-state index in [0.717, 1.165) is 65.4 Å². The molecule has 2 aliphatic carbocycles. The van der Waals surface area contributed by atoms with Gasteiger partial charge in [-0.2, -0.15) is 8.42 Å². The van der Waals surface area contributed by atoms with Gasteiger partial charge in [0.2, 0.25) is 0 Å². The van der Waals surface area contributed by atoms with Crippen molar-refractivity contribution in [1.82, 2.24) is 24.2 Å². The third-order valence-corrected chi connectivity index (χ3v) is 8.99. The van der Waals surface area contributed by atoms with Gasteiger partial charge in [0.15, 0.2) is 5.03 Å². The van der Waals surface area contributed by atoms with E-state index in [0.29, 0.717) is 30.6 Å². The number of carbonyl (C=O) groups is 1. The average molecular weight is 533 g/mol. The van der Waals surface area contributed by atoms with Crippen LogP contribution in [0, 0.1) is 12.8 Å². The van der Waals surface area contributed by atoms with Gasteiger partial charge in [0.05, 0.1) is 12.3 Å². The summed E-state index contributed by atoms with van der Waals surface area (Å²) in [6.07, 6.45) is 9.68. The van der Waals surface area contributed by atoms with Crippen molar-refractivity contribution in [3.63, 3.8) is 0 Å². The van der Waals surface area contributed by atoms with Crippen molar-refractivity contribution in [2.75, 3.05) is 11.9 Å². The number of amides is 2. The minimum atomic E-state index is -4.19. The normalized spacial score (nSPS) is 18.8. The number of fused-ring (bicyclic) bond motifs is 3. The zero-order chi connectivity index (χ0) is 26.0. The van der Waals surface area contributed by atoms with Crippen LogP contribution < -0.4 is 10.0 Å². The number of aromatic nitrogens is 4. The summed E-state index contributed by atoms with van der Waals surface area (Å²) in [5.41, 5.74) is 6.41. The van der Waals surface area contributed by atoms with Crippen LogP contribution in [0.2, 0.25) is 0 Å². The number of sulfonamides is 1. The average Bonchev–Trinajstić information content (AvgIpc) is 3.26. The lowest BCUT2D eigenvalue weighted by molar-refractivity contribution is 0.00283. The molecule has 1 atom stereocenters. The van der Waals surface area contributed by atoms with Crippen molar-refractivity contribution in [3.05, 3.63) is 59.3 Å². The zero-order valence-electron chi connectivity index (χ0n) is 21.0. The second-order valence-electron chi connectivity index (χ2n) is 10.4. The lowest BCUT2D eigenvalue weighted by atomic mass is 9.92. The summed E-state index contributed by atoms with van der Waals surface area (Å²) in [5, 5.41) is 3.67. The first-order chi connectivity index (χ1) is 18.4. The molecule has 3 aromatic heterocycles. The zero-order valence-corrected chi connectivity index (χ0v) is 21.8. The molecule has 0 bridgehead atoms. The number of aromatic amines is 1. The first-order valence-corrected chi connectivity index (χ1v) is 14.5. The molecule has 11 heteroatoms. The van der Waals surface area contributed by atoms with E-state index in [1.54, 1.807) is 6.20 Å². The lowest BCUT2D eigenvalue weighted by Crippen LogP contribution is -2.35. The van der Waals surface area contributed by atoms with Gasteiger partial charge in [-0.25, -0.2) is 19.5 Å². The maximum atomic E-state index is 13.3. The molecule has 196 valence electrons. The van der Waals surface area contributed by atoms with Gasteiger partial charge in [-0.15, -0.1) is 0 Å². The molecule has 1 saturated carbocycles. The molecule has 1 aromatic carbocycles. The van der Waals surface area contributed by atoms with Gasteiger partial charge in [-0.3, -0.25) is 0 Å². The third-order valence-electron chi connectivity index (χ3n) is 7.79. The Bertz CT molecular complexity index is 1700. The van der Waals surface area contributed by atoms with Crippen LogP contribution >= 0.6 is 0 Å². The van der Waals surface area contributed by atoms with Crippen molar-refractivity contribution in [2.24, 2.45) is 5.92 Å². The standard InChI is InChI=1S/C27H28N6O4S/c1-15-13-17-3-2-4-18(17)23(22(15)19-7-9-28-25-20(19)8-10-29-25)31-27(34)32-38(35,36)21-14-33-11-12-37-24(16-5-6-16)26(33)30-21/h7-10,13-14,16,24H,2-6,11-12H2,1H3,(H,28,29)(H2,31,32,34). The second kappa shape index (κ2) is 8.67. The molecule has 1 aliphatic heterocycles. The SMILES string of the molecule is Cc1cc2c(c(NC(=O)NS(=O)(=O)c3cn4c(n3)C(C3CC3)OCC4)c1-c1ccnc3[nH]ccc13)CCC2. The first kappa shape index (κ1) is 23.4. The van der Waals surface area contributed by atoms with Crippen molar-refractivity contribution in [3.8, 4) is 11.1 Å². The second-order valence-corrected chi connectivity index (χ2v) is 12.0. The van der Waals surface area contributed by atoms with Crippen molar-refractivity contribution >= 4 is 32.8 Å². The molecule has 3 N–H and O–H groups in total. The number of urea groups is 1. The van der Waals surface area contributed by atoms with E-state index >= 15 is 0 Å². The number of H-pyrrole nitrogens is 1. The number of hydrogen-bond donors (Lipinski definition) is 3. The van der Waals surface area contributed by atoms with Gasteiger partial charge in [0, 0.05) is 36.1 Å². The summed E-state index contributed by atoms with van der Waals surface area (Å²) in [5.74, 6) is 0.997. The Morgan fingerprint density at radius 1 is 1.24 bits per heavy atom. The minimum absolute atomic E-state index is 0.170. The van der Waals surface area contributed by atoms with Gasteiger partial charge < -0.3 is 19.6 Å². The minimum Gasteiger partial charge on any atom is -0.368 e. The van der Waals surface area contributed by atoms with Crippen LogP contribution in [-0.2, 0) is 34.1 Å². The van der Waals surface area contributed by atoms with Crippen LogP contribution in [0.15, 0.2) is 41.8 Å². The highest BCUT2D eigenvalue weighted by Gasteiger charge is 2.39. The summed E-state index contributed by atoms with van der Waals surface area (Å²) in [6.45, 7) is 3.06. The fourth-order valence-corrected chi connectivity index (χ4v) is 6.79. The fraction of sp³-hybridized carbons (Fsp3) is 0.370. The Kier molecular flexibility index (Phi) is 5.34. The van der Waals surface area contributed by atoms with Crippen LogP contribution in [0.25, 0.3) is 22.2 Å². The van der Waals surface area contributed by atoms with Crippen LogP contribution in [0.1, 0.15) is 47.9 Å². The highest BCUT2D eigenvalue weighted by molar-refractivity contribution is 7.90. The molecule has 10 nitrogen and oxygen atoms in total. The largest absolute Gasteiger partial charge is 0.368 e. The highest BCUT2D eigenvalue weighted by atomic mass is 32.2. The lowest BCUT2D eigenvalue weighted by Gasteiger charge is -2.23. The molecule has 4 aromatic rings. The van der Waals surface area contributed by atoms with Crippen molar-refractivity contribution < 1.29 is 17.9 Å². The predicted octanol–water partition coefficient (Wildman–Crippen LogP) is 4.22. The maximum Gasteiger partial charge on any atom is 0.333 e. The van der Waals surface area contributed by atoms with E-state index < -0.39 is 16.1 Å². The predicted molar refractivity (Wildman–Crippen MR) is 141 cm³/mol. The first-order valence-electron chi connectivity index (χ1n) is 13.0. The van der Waals surface area contributed by atoms with Gasteiger partial charge in [-0.05, 0) is 79.3 Å². The molecule has 0 spiro atoms. The summed E-state index contributed by atoms with van der Waals surface area (Å²) in [4.78, 5) is 25.2. The summed E-state index contributed by atoms with van der Waals surface area (Å²) in [7, 11) is -4.19. The number of anilines is 1. The Hall–Kier alpha value is -3.70. The maximum absolute atomic E-state index is 13.3. The van der Waals surface area contributed by atoms with E-state index in [-0.39, 0.29) is 11.1 Å². The number of imidazole rings is 1. The van der Waals surface area contributed by atoms with Crippen LogP contribution in [0.4, 0.5) is 10.5 Å². The van der Waals surface area contributed by atoms with E-state index in [1.165, 1.54) is 11.8 Å². The monoisotopic (exact) mass is 532 g/mol. The molecule has 1 fully saturated rings. The third kappa shape index (κ3) is 3.88. The van der Waals surface area contributed by atoms with Gasteiger partial charge in [0.25, 0.3) is 10.0 Å². The number of ether oxygens (including phenoxy) is 1. The summed E-state index contributed by atoms with van der Waals surface area (Å²) < 4.78 is 36.4. The molecule has 4 heterocycles. The Morgan fingerprint density at radius 3 is 2.95 bits per heavy atom. The molecular weight excluding hydrogens is 504 g/mol. The van der Waals surface area contributed by atoms with E-state index in [4.69, 9.17) is 4.74 Å². The molecule has 0 saturated heterocycles. The topological polar surface area (TPSA) is 131 Å². The summed E-state index contributed by atoms with van der Waals surface area (Å²) >= 11 is 0.